The fourth-order valence-corrected chi connectivity index (χ4v) is 4.43. The minimum atomic E-state index is -0.840. The number of rotatable bonds is 4. The van der Waals surface area contributed by atoms with E-state index in [1.54, 1.807) is 19.1 Å². The average Bonchev–Trinajstić information content (AvgIpc) is 3.21. The molecule has 2 N–H and O–H groups in total. The van der Waals surface area contributed by atoms with E-state index < -0.39 is 29.9 Å². The van der Waals surface area contributed by atoms with Crippen molar-refractivity contribution in [2.45, 2.75) is 44.8 Å². The number of nitrogens with zero attached hydrogens (tertiary/aromatic N) is 3. The highest BCUT2D eigenvalue weighted by Gasteiger charge is 2.51. The highest BCUT2D eigenvalue weighted by atomic mass is 35.5. The quantitative estimate of drug-likeness (QED) is 0.579. The van der Waals surface area contributed by atoms with E-state index in [9.17, 15) is 9.18 Å². The fraction of sp³-hybridized carbons (Fsp3) is 0.348. The van der Waals surface area contributed by atoms with Crippen LogP contribution in [0.2, 0.25) is 5.02 Å². The van der Waals surface area contributed by atoms with Gasteiger partial charge in [0.1, 0.15) is 42.5 Å². The second-order valence-electron chi connectivity index (χ2n) is 8.63. The van der Waals surface area contributed by atoms with Crippen molar-refractivity contribution in [1.82, 2.24) is 14.5 Å². The number of aryl methyl sites for hydroxylation is 1. The van der Waals surface area contributed by atoms with Gasteiger partial charge < -0.3 is 19.9 Å². The number of halogens is 2. The first-order valence-corrected chi connectivity index (χ1v) is 10.8. The zero-order valence-corrected chi connectivity index (χ0v) is 19.0. The first kappa shape index (κ1) is 21.8. The Kier molecular flexibility index (Phi) is 5.15. The maximum atomic E-state index is 14.6. The van der Waals surface area contributed by atoms with Crippen LogP contribution in [0.4, 0.5) is 10.2 Å². The third kappa shape index (κ3) is 3.96. The number of nitrogen functional groups attached to an aromatic ring is 1. The Morgan fingerprint density at radius 3 is 2.82 bits per heavy atom. The van der Waals surface area contributed by atoms with E-state index in [-0.39, 0.29) is 18.0 Å². The molecule has 2 aromatic heterocycles. The van der Waals surface area contributed by atoms with Gasteiger partial charge in [0.15, 0.2) is 5.79 Å². The maximum Gasteiger partial charge on any atom is 0.256 e. The third-order valence-corrected chi connectivity index (χ3v) is 6.17. The second kappa shape index (κ2) is 7.79. The molecule has 0 bridgehead atoms. The van der Waals surface area contributed by atoms with Crippen LogP contribution < -0.4 is 16.0 Å². The highest BCUT2D eigenvalue weighted by molar-refractivity contribution is 6.31. The summed E-state index contributed by atoms with van der Waals surface area (Å²) in [4.78, 5) is 20.9. The Bertz CT molecular complexity index is 1360. The number of benzene rings is 1. The number of hydrogen-bond acceptors (Lipinski definition) is 7. The molecular formula is C23H22ClFN4O4. The van der Waals surface area contributed by atoms with Crippen molar-refractivity contribution in [1.29, 1.82) is 0 Å². The van der Waals surface area contributed by atoms with Gasteiger partial charge in [-0.05, 0) is 32.4 Å². The molecule has 0 unspecified atom stereocenters. The Hall–Kier alpha value is -3.01. The van der Waals surface area contributed by atoms with Crippen molar-refractivity contribution in [3.05, 3.63) is 69.1 Å². The number of pyridine rings is 1. The highest BCUT2D eigenvalue weighted by Crippen LogP contribution is 2.43. The molecule has 0 radical (unpaired) electrons. The predicted octanol–water partition coefficient (Wildman–Crippen LogP) is 3.55. The molecule has 172 valence electrons. The third-order valence-electron chi connectivity index (χ3n) is 5.79. The second-order valence-corrected chi connectivity index (χ2v) is 9.04. The summed E-state index contributed by atoms with van der Waals surface area (Å²) in [6.45, 7) is 5.49. The molecule has 0 amide bonds. The van der Waals surface area contributed by atoms with Gasteiger partial charge in [-0.25, -0.2) is 9.37 Å². The van der Waals surface area contributed by atoms with Crippen molar-refractivity contribution in [3.63, 3.8) is 0 Å². The molecule has 2 aliphatic rings. The first-order chi connectivity index (χ1) is 15.6. The zero-order chi connectivity index (χ0) is 23.5. The minimum absolute atomic E-state index is 0.117. The monoisotopic (exact) mass is 472 g/mol. The van der Waals surface area contributed by atoms with Crippen LogP contribution in [0.5, 0.6) is 5.75 Å². The summed E-state index contributed by atoms with van der Waals surface area (Å²) >= 11 is 6.08. The molecule has 33 heavy (non-hydrogen) atoms. The van der Waals surface area contributed by atoms with E-state index in [0.29, 0.717) is 27.4 Å². The smallest absolute Gasteiger partial charge is 0.256 e. The van der Waals surface area contributed by atoms with Gasteiger partial charge in [-0.3, -0.25) is 14.3 Å². The molecule has 1 aromatic carbocycles. The Morgan fingerprint density at radius 2 is 2.06 bits per heavy atom. The fourth-order valence-electron chi connectivity index (χ4n) is 4.28. The van der Waals surface area contributed by atoms with Crippen LogP contribution in [-0.4, -0.2) is 39.1 Å². The van der Waals surface area contributed by atoms with Crippen molar-refractivity contribution in [2.24, 2.45) is 0 Å². The van der Waals surface area contributed by atoms with Gasteiger partial charge in [-0.1, -0.05) is 17.7 Å². The molecule has 1 fully saturated rings. The van der Waals surface area contributed by atoms with Gasteiger partial charge in [0.25, 0.3) is 5.56 Å². The van der Waals surface area contributed by atoms with E-state index >= 15 is 0 Å². The van der Waals surface area contributed by atoms with Gasteiger partial charge in [-0.15, -0.1) is 0 Å². The van der Waals surface area contributed by atoms with E-state index in [1.165, 1.54) is 23.0 Å². The zero-order valence-electron chi connectivity index (χ0n) is 18.2. The standard InChI is InChI=1S/C23H22ClFN4O4/c1-11-15(24)7-14-16(25)5-13(6-17(14)28-11)31-9-12-4-18(22-21(12)32-23(2,3)33-22)29-10-27-19(26)8-20(29)30/h4-8,10,18,21-22H,9,26H2,1-3H3/t18-,21-,22+/m1/s1. The van der Waals surface area contributed by atoms with Crippen molar-refractivity contribution in [3.8, 4) is 5.75 Å². The molecule has 8 nitrogen and oxygen atoms in total. The molecule has 5 rings (SSSR count). The molecule has 10 heteroatoms. The van der Waals surface area contributed by atoms with Crippen LogP contribution in [0, 0.1) is 12.7 Å². The van der Waals surface area contributed by atoms with Crippen LogP contribution >= 0.6 is 11.6 Å². The number of aromatic nitrogens is 3. The van der Waals surface area contributed by atoms with Crippen molar-refractivity contribution in [2.75, 3.05) is 12.3 Å². The lowest BCUT2D eigenvalue weighted by atomic mass is 10.1. The molecule has 1 aliphatic heterocycles. The molecule has 1 aliphatic carbocycles. The maximum absolute atomic E-state index is 14.6. The normalized spacial score (nSPS) is 23.5. The summed E-state index contributed by atoms with van der Waals surface area (Å²) < 4.78 is 34.2. The summed E-state index contributed by atoms with van der Waals surface area (Å²) in [5.41, 5.74) is 7.16. The lowest BCUT2D eigenvalue weighted by Gasteiger charge is -2.22. The summed E-state index contributed by atoms with van der Waals surface area (Å²) in [5.74, 6) is -0.854. The predicted molar refractivity (Wildman–Crippen MR) is 121 cm³/mol. The Morgan fingerprint density at radius 1 is 1.27 bits per heavy atom. The SMILES string of the molecule is Cc1nc2cc(OCC3=C[C@@H](n4cnc(N)cc4=O)[C@@H]4OC(C)(C)O[C@H]34)cc(F)c2cc1Cl. The number of anilines is 1. The molecule has 0 saturated carbocycles. The lowest BCUT2D eigenvalue weighted by Crippen LogP contribution is -2.34. The van der Waals surface area contributed by atoms with E-state index in [0.717, 1.165) is 5.57 Å². The molecule has 1 saturated heterocycles. The number of nitrogens with two attached hydrogens (primary N) is 1. The van der Waals surface area contributed by atoms with Crippen LogP contribution in [-0.2, 0) is 9.47 Å². The van der Waals surface area contributed by atoms with Crippen LogP contribution in [0.3, 0.4) is 0 Å². The molecule has 0 spiro atoms. The largest absolute Gasteiger partial charge is 0.489 e. The van der Waals surface area contributed by atoms with Gasteiger partial charge in [0, 0.05) is 23.6 Å². The Balaban J connectivity index is 1.45. The van der Waals surface area contributed by atoms with E-state index in [1.807, 2.05) is 19.9 Å². The number of ether oxygens (including phenoxy) is 3. The van der Waals surface area contributed by atoms with Gasteiger partial charge in [0.05, 0.1) is 22.3 Å². The first-order valence-electron chi connectivity index (χ1n) is 10.4. The molecule has 3 atom stereocenters. The number of fused-ring (bicyclic) bond motifs is 2. The van der Waals surface area contributed by atoms with Crippen LogP contribution in [0.25, 0.3) is 10.9 Å². The average molecular weight is 473 g/mol. The Labute approximate surface area is 193 Å². The summed E-state index contributed by atoms with van der Waals surface area (Å²) in [7, 11) is 0. The summed E-state index contributed by atoms with van der Waals surface area (Å²) in [5, 5.41) is 0.722. The summed E-state index contributed by atoms with van der Waals surface area (Å²) in [6, 6.07) is 5.33. The molecule has 3 heterocycles. The number of hydrogen-bond donors (Lipinski definition) is 1. The lowest BCUT2D eigenvalue weighted by molar-refractivity contribution is -0.148. The molecule has 3 aromatic rings. The van der Waals surface area contributed by atoms with Crippen LogP contribution in [0.1, 0.15) is 25.6 Å². The van der Waals surface area contributed by atoms with E-state index in [2.05, 4.69) is 9.97 Å². The molecular weight excluding hydrogens is 451 g/mol. The topological polar surface area (TPSA) is 101 Å². The summed E-state index contributed by atoms with van der Waals surface area (Å²) in [6.07, 6.45) is 2.38. The van der Waals surface area contributed by atoms with Crippen molar-refractivity contribution >= 4 is 28.3 Å². The van der Waals surface area contributed by atoms with Gasteiger partial charge >= 0.3 is 0 Å². The van der Waals surface area contributed by atoms with E-state index in [4.69, 9.17) is 31.5 Å². The van der Waals surface area contributed by atoms with Gasteiger partial charge in [0.2, 0.25) is 0 Å². The van der Waals surface area contributed by atoms with Gasteiger partial charge in [-0.2, -0.15) is 0 Å². The van der Waals surface area contributed by atoms with Crippen molar-refractivity contribution < 1.29 is 18.6 Å². The van der Waals surface area contributed by atoms with Crippen LogP contribution in [0.15, 0.2) is 47.0 Å². The minimum Gasteiger partial charge on any atom is -0.489 e.